The van der Waals surface area contributed by atoms with E-state index in [1.54, 1.807) is 4.31 Å². The number of benzene rings is 1. The van der Waals surface area contributed by atoms with E-state index in [9.17, 15) is 22.0 Å². The molecule has 1 aliphatic heterocycles. The molecule has 33 heavy (non-hydrogen) atoms. The van der Waals surface area contributed by atoms with Crippen LogP contribution in [0.25, 0.3) is 0 Å². The lowest BCUT2D eigenvalue weighted by Gasteiger charge is -2.33. The fourth-order valence-corrected chi connectivity index (χ4v) is 6.25. The molecular formula is C21H25F2N5O4S. The molecule has 1 aromatic carbocycles. The Morgan fingerprint density at radius 1 is 1.24 bits per heavy atom. The summed E-state index contributed by atoms with van der Waals surface area (Å²) in [6, 6.07) is 2.06. The van der Waals surface area contributed by atoms with E-state index < -0.39 is 33.0 Å². The molecule has 1 aromatic heterocycles. The van der Waals surface area contributed by atoms with Gasteiger partial charge in [-0.25, -0.2) is 22.2 Å². The van der Waals surface area contributed by atoms with Crippen molar-refractivity contribution in [3.8, 4) is 5.75 Å². The van der Waals surface area contributed by atoms with Gasteiger partial charge in [-0.2, -0.15) is 9.29 Å². The van der Waals surface area contributed by atoms with Crippen LogP contribution in [0.2, 0.25) is 0 Å². The van der Waals surface area contributed by atoms with Crippen molar-refractivity contribution in [2.75, 3.05) is 30.5 Å². The summed E-state index contributed by atoms with van der Waals surface area (Å²) < 4.78 is 58.8. The number of nitrogen functional groups attached to an aromatic ring is 1. The van der Waals surface area contributed by atoms with Gasteiger partial charge in [0.05, 0.1) is 18.4 Å². The lowest BCUT2D eigenvalue weighted by molar-refractivity contribution is 0.103. The first-order valence-electron chi connectivity index (χ1n) is 10.7. The minimum absolute atomic E-state index is 0.0117. The number of carbonyl (C=O) groups excluding carboxylic acids is 1. The molecule has 9 nitrogen and oxygen atoms in total. The second-order valence-corrected chi connectivity index (χ2v) is 10.2. The third kappa shape index (κ3) is 4.62. The zero-order chi connectivity index (χ0) is 23.8. The Labute approximate surface area is 190 Å². The van der Waals surface area contributed by atoms with Crippen LogP contribution in [0.15, 0.2) is 18.3 Å². The van der Waals surface area contributed by atoms with E-state index in [-0.39, 0.29) is 40.9 Å². The van der Waals surface area contributed by atoms with E-state index in [0.29, 0.717) is 13.0 Å². The number of ether oxygens (including phenoxy) is 1. The van der Waals surface area contributed by atoms with E-state index in [1.807, 2.05) is 0 Å². The highest BCUT2D eigenvalue weighted by Crippen LogP contribution is 2.30. The number of nitrogens with one attached hydrogen (secondary N) is 1. The monoisotopic (exact) mass is 481 g/mol. The normalized spacial score (nSPS) is 22.8. The molecule has 178 valence electrons. The Morgan fingerprint density at radius 3 is 2.58 bits per heavy atom. The molecule has 4 rings (SSSR count). The quantitative estimate of drug-likeness (QED) is 0.602. The maximum absolute atomic E-state index is 14.3. The summed E-state index contributed by atoms with van der Waals surface area (Å²) in [6.45, 7) is 0.580. The van der Waals surface area contributed by atoms with Crippen LogP contribution < -0.4 is 15.8 Å². The number of aromatic nitrogens is 2. The van der Waals surface area contributed by atoms with Crippen LogP contribution in [-0.2, 0) is 10.0 Å². The molecule has 3 N–H and O–H groups in total. The SMILES string of the molecule is COc1ccc(F)c(F)c1C(=O)c1cnc(NC2CCC(N3CCCS3(=O)=O)CC2)nc1N. The Hall–Kier alpha value is -2.86. The average Bonchev–Trinajstić information content (AvgIpc) is 3.14. The maximum Gasteiger partial charge on any atom is 0.224 e. The van der Waals surface area contributed by atoms with Gasteiger partial charge in [-0.1, -0.05) is 0 Å². The second-order valence-electron chi connectivity index (χ2n) is 8.19. The van der Waals surface area contributed by atoms with Crippen LogP contribution in [0, 0.1) is 11.6 Å². The lowest BCUT2D eigenvalue weighted by Crippen LogP contribution is -2.41. The number of hydrogen-bond acceptors (Lipinski definition) is 8. The summed E-state index contributed by atoms with van der Waals surface area (Å²) in [4.78, 5) is 21.0. The second kappa shape index (κ2) is 9.18. The van der Waals surface area contributed by atoms with Crippen molar-refractivity contribution in [2.24, 2.45) is 0 Å². The third-order valence-electron chi connectivity index (χ3n) is 6.14. The van der Waals surface area contributed by atoms with Crippen LogP contribution in [0.3, 0.4) is 0 Å². The molecule has 2 aromatic rings. The number of hydrogen-bond donors (Lipinski definition) is 2. The summed E-state index contributed by atoms with van der Waals surface area (Å²) in [6.07, 6.45) is 4.74. The van der Waals surface area contributed by atoms with Crippen LogP contribution in [0.4, 0.5) is 20.5 Å². The van der Waals surface area contributed by atoms with Gasteiger partial charge in [0.1, 0.15) is 17.1 Å². The van der Waals surface area contributed by atoms with Gasteiger partial charge >= 0.3 is 0 Å². The van der Waals surface area contributed by atoms with Crippen molar-refractivity contribution in [1.82, 2.24) is 14.3 Å². The van der Waals surface area contributed by atoms with Crippen molar-refractivity contribution >= 4 is 27.6 Å². The number of nitrogens with zero attached hydrogens (tertiary/aromatic N) is 3. The molecule has 1 aliphatic carbocycles. The first-order valence-corrected chi connectivity index (χ1v) is 12.3. The zero-order valence-corrected chi connectivity index (χ0v) is 18.9. The molecule has 1 saturated heterocycles. The van der Waals surface area contributed by atoms with E-state index in [1.165, 1.54) is 13.3 Å². The summed E-state index contributed by atoms with van der Waals surface area (Å²) in [5.74, 6) is -3.30. The number of nitrogens with two attached hydrogens (primary N) is 1. The predicted octanol–water partition coefficient (Wildman–Crippen LogP) is 2.34. The number of methoxy groups -OCH3 is 1. The molecule has 0 unspecified atom stereocenters. The Bertz CT molecular complexity index is 1170. The van der Waals surface area contributed by atoms with Crippen molar-refractivity contribution < 1.29 is 26.7 Å². The van der Waals surface area contributed by atoms with Crippen LogP contribution in [0.5, 0.6) is 5.75 Å². The molecule has 2 heterocycles. The van der Waals surface area contributed by atoms with Gasteiger partial charge in [0.15, 0.2) is 11.6 Å². The maximum atomic E-state index is 14.3. The summed E-state index contributed by atoms with van der Waals surface area (Å²) >= 11 is 0. The van der Waals surface area contributed by atoms with Crippen molar-refractivity contribution in [3.63, 3.8) is 0 Å². The molecule has 0 amide bonds. The average molecular weight is 482 g/mol. The molecule has 2 fully saturated rings. The van der Waals surface area contributed by atoms with Gasteiger partial charge in [-0.3, -0.25) is 4.79 Å². The van der Waals surface area contributed by atoms with Crippen molar-refractivity contribution in [2.45, 2.75) is 44.2 Å². The lowest BCUT2D eigenvalue weighted by atomic mass is 9.91. The standard InChI is InChI=1S/C21H25F2N5O4S/c1-32-16-8-7-15(22)18(23)17(16)19(29)14-11-25-21(27-20(14)24)26-12-3-5-13(6-4-12)28-9-2-10-33(28,30)31/h7-8,11-13H,2-6,9-10H2,1H3,(H3,24,25,26,27). The fourth-order valence-electron chi connectivity index (χ4n) is 4.45. The molecule has 12 heteroatoms. The van der Waals surface area contributed by atoms with Crippen molar-refractivity contribution in [3.05, 3.63) is 41.1 Å². The van der Waals surface area contributed by atoms with Gasteiger partial charge in [-0.05, 0) is 44.2 Å². The predicted molar refractivity (Wildman–Crippen MR) is 118 cm³/mol. The minimum Gasteiger partial charge on any atom is -0.496 e. The van der Waals surface area contributed by atoms with Crippen molar-refractivity contribution in [1.29, 1.82) is 0 Å². The first kappa shape index (κ1) is 23.3. The molecule has 1 saturated carbocycles. The van der Waals surface area contributed by atoms with E-state index in [4.69, 9.17) is 10.5 Å². The van der Waals surface area contributed by atoms with Crippen LogP contribution in [-0.4, -0.2) is 60.0 Å². The number of anilines is 2. The van der Waals surface area contributed by atoms with Gasteiger partial charge in [0, 0.05) is 24.8 Å². The first-order chi connectivity index (χ1) is 15.7. The topological polar surface area (TPSA) is 128 Å². The Balaban J connectivity index is 1.44. The largest absolute Gasteiger partial charge is 0.496 e. The summed E-state index contributed by atoms with van der Waals surface area (Å²) in [5, 5.41) is 3.16. The van der Waals surface area contributed by atoms with Gasteiger partial charge in [0.2, 0.25) is 21.8 Å². The smallest absolute Gasteiger partial charge is 0.224 e. The van der Waals surface area contributed by atoms with E-state index in [0.717, 1.165) is 37.8 Å². The highest BCUT2D eigenvalue weighted by atomic mass is 32.2. The number of sulfonamides is 1. The van der Waals surface area contributed by atoms with Crippen LogP contribution in [0.1, 0.15) is 48.0 Å². The van der Waals surface area contributed by atoms with E-state index >= 15 is 0 Å². The molecule has 0 radical (unpaired) electrons. The number of carbonyl (C=O) groups is 1. The van der Waals surface area contributed by atoms with Gasteiger partial charge in [0.25, 0.3) is 0 Å². The van der Waals surface area contributed by atoms with E-state index in [2.05, 4.69) is 15.3 Å². The summed E-state index contributed by atoms with van der Waals surface area (Å²) in [7, 11) is -1.89. The Kier molecular flexibility index (Phi) is 6.48. The molecule has 2 aliphatic rings. The molecule has 0 bridgehead atoms. The number of halogens is 2. The minimum atomic E-state index is -3.13. The third-order valence-corrected chi connectivity index (χ3v) is 8.14. The van der Waals surface area contributed by atoms with Gasteiger partial charge in [-0.15, -0.1) is 0 Å². The van der Waals surface area contributed by atoms with Crippen LogP contribution >= 0.6 is 0 Å². The highest BCUT2D eigenvalue weighted by molar-refractivity contribution is 7.89. The number of ketones is 1. The molecule has 0 spiro atoms. The molecule has 0 atom stereocenters. The Morgan fingerprint density at radius 2 is 1.97 bits per heavy atom. The highest BCUT2D eigenvalue weighted by Gasteiger charge is 2.36. The zero-order valence-electron chi connectivity index (χ0n) is 18.1. The number of rotatable bonds is 6. The van der Waals surface area contributed by atoms with Gasteiger partial charge < -0.3 is 15.8 Å². The fraction of sp³-hybridized carbons (Fsp3) is 0.476. The molecular weight excluding hydrogens is 456 g/mol. The summed E-state index contributed by atoms with van der Waals surface area (Å²) in [5.41, 5.74) is 5.18.